The molecule has 0 radical (unpaired) electrons. The molecule has 0 bridgehead atoms. The van der Waals surface area contributed by atoms with Crippen molar-refractivity contribution >= 4 is 57.4 Å². The highest BCUT2D eigenvalue weighted by molar-refractivity contribution is 14.1. The maximum Gasteiger partial charge on any atom is 0.216 e. The second-order valence-electron chi connectivity index (χ2n) is 2.16. The van der Waals surface area contributed by atoms with Crippen molar-refractivity contribution in [3.05, 3.63) is 27.3 Å². The average molecular weight is 337 g/mol. The molecule has 5 heteroatoms. The molecule has 0 unspecified atom stereocenters. The molecule has 0 saturated carbocycles. The maximum absolute atomic E-state index is 9.17. The summed E-state index contributed by atoms with van der Waals surface area (Å²) < 4.78 is -0.760. The predicted molar refractivity (Wildman–Crippen MR) is 60.1 cm³/mol. The van der Waals surface area contributed by atoms with E-state index in [4.69, 9.17) is 34.8 Å². The van der Waals surface area contributed by atoms with Crippen molar-refractivity contribution in [2.75, 3.05) is 0 Å². The van der Waals surface area contributed by atoms with Crippen LogP contribution in [0.4, 0.5) is 0 Å². The molecule has 0 atom stereocenters. The van der Waals surface area contributed by atoms with Crippen molar-refractivity contribution in [2.24, 2.45) is 0 Å². The van der Waals surface area contributed by atoms with Crippen LogP contribution in [0.2, 0.25) is 0 Å². The molecule has 1 aromatic carbocycles. The van der Waals surface area contributed by atoms with Gasteiger partial charge in [0.2, 0.25) is 3.79 Å². The lowest BCUT2D eigenvalue weighted by atomic mass is 10.2. The fraction of sp³-hybridized carbons (Fsp3) is 0.143. The summed E-state index contributed by atoms with van der Waals surface area (Å²) in [7, 11) is 0. The summed E-state index contributed by atoms with van der Waals surface area (Å²) >= 11 is 18.9. The van der Waals surface area contributed by atoms with Crippen LogP contribution in [0.25, 0.3) is 0 Å². The van der Waals surface area contributed by atoms with E-state index in [2.05, 4.69) is 0 Å². The Bertz CT molecular complexity index is 295. The first kappa shape index (κ1) is 10.7. The van der Waals surface area contributed by atoms with Gasteiger partial charge in [-0.1, -0.05) is 40.9 Å². The van der Waals surface area contributed by atoms with E-state index in [0.717, 1.165) is 0 Å². The van der Waals surface area contributed by atoms with Crippen molar-refractivity contribution in [1.82, 2.24) is 0 Å². The molecule has 0 heterocycles. The van der Waals surface area contributed by atoms with Crippen LogP contribution in [0.3, 0.4) is 0 Å². The summed E-state index contributed by atoms with van der Waals surface area (Å²) in [5.41, 5.74) is 0.551. The minimum absolute atomic E-state index is 0.189. The lowest BCUT2D eigenvalue weighted by molar-refractivity contribution is 0.471. The molecule has 12 heavy (non-hydrogen) atoms. The van der Waals surface area contributed by atoms with Gasteiger partial charge in [-0.3, -0.25) is 0 Å². The molecule has 0 aliphatic heterocycles. The van der Waals surface area contributed by atoms with Gasteiger partial charge in [0.1, 0.15) is 5.75 Å². The molecule has 0 amide bonds. The van der Waals surface area contributed by atoms with E-state index in [0.29, 0.717) is 9.13 Å². The van der Waals surface area contributed by atoms with Crippen LogP contribution in [0.1, 0.15) is 5.56 Å². The highest BCUT2D eigenvalue weighted by atomic mass is 127. The third kappa shape index (κ3) is 2.55. The summed E-state index contributed by atoms with van der Waals surface area (Å²) in [5, 5.41) is 9.17. The van der Waals surface area contributed by atoms with Crippen LogP contribution in [-0.4, -0.2) is 5.11 Å². The second kappa shape index (κ2) is 3.78. The highest BCUT2D eigenvalue weighted by Crippen LogP contribution is 2.39. The van der Waals surface area contributed by atoms with Gasteiger partial charge >= 0.3 is 0 Å². The SMILES string of the molecule is Oc1ccc(C(Cl)(Cl)Cl)cc1I. The summed E-state index contributed by atoms with van der Waals surface area (Å²) in [6.45, 7) is 0. The zero-order chi connectivity index (χ0) is 9.35. The van der Waals surface area contributed by atoms with E-state index >= 15 is 0 Å². The number of aromatic hydroxyl groups is 1. The van der Waals surface area contributed by atoms with Gasteiger partial charge < -0.3 is 5.11 Å². The van der Waals surface area contributed by atoms with Gasteiger partial charge in [-0.15, -0.1) is 0 Å². The molecule has 0 aliphatic rings. The summed E-state index contributed by atoms with van der Waals surface area (Å²) in [4.78, 5) is 0. The third-order valence-electron chi connectivity index (χ3n) is 1.28. The van der Waals surface area contributed by atoms with Crippen LogP contribution in [-0.2, 0) is 3.79 Å². The van der Waals surface area contributed by atoms with Crippen molar-refractivity contribution in [2.45, 2.75) is 3.79 Å². The highest BCUT2D eigenvalue weighted by Gasteiger charge is 2.23. The molecule has 1 aromatic rings. The largest absolute Gasteiger partial charge is 0.507 e. The fourth-order valence-corrected chi connectivity index (χ4v) is 1.55. The first-order chi connectivity index (χ1) is 5.41. The number of halogens is 4. The molecule has 66 valence electrons. The number of rotatable bonds is 0. The van der Waals surface area contributed by atoms with E-state index in [1.54, 1.807) is 12.1 Å². The molecule has 1 nitrogen and oxygen atoms in total. The lowest BCUT2D eigenvalue weighted by Crippen LogP contribution is -1.99. The first-order valence-electron chi connectivity index (χ1n) is 2.97. The van der Waals surface area contributed by atoms with Crippen molar-refractivity contribution in [3.63, 3.8) is 0 Å². The molecular formula is C7H4Cl3IO. The van der Waals surface area contributed by atoms with Crippen LogP contribution in [0.5, 0.6) is 5.75 Å². The smallest absolute Gasteiger partial charge is 0.216 e. The number of benzene rings is 1. The lowest BCUT2D eigenvalue weighted by Gasteiger charge is -2.11. The van der Waals surface area contributed by atoms with E-state index in [9.17, 15) is 5.11 Å². The van der Waals surface area contributed by atoms with Crippen LogP contribution in [0.15, 0.2) is 18.2 Å². The van der Waals surface area contributed by atoms with Crippen LogP contribution < -0.4 is 0 Å². The van der Waals surface area contributed by atoms with Gasteiger partial charge in [-0.05, 0) is 34.7 Å². The molecule has 1 rings (SSSR count). The van der Waals surface area contributed by atoms with E-state index in [1.165, 1.54) is 6.07 Å². The van der Waals surface area contributed by atoms with Gasteiger partial charge in [0.15, 0.2) is 0 Å². The monoisotopic (exact) mass is 336 g/mol. The Hall–Kier alpha value is 0.620. The molecule has 0 aromatic heterocycles. The van der Waals surface area contributed by atoms with E-state index < -0.39 is 3.79 Å². The topological polar surface area (TPSA) is 20.2 Å². The molecule has 0 spiro atoms. The summed E-state index contributed by atoms with van der Waals surface area (Å²) in [5.74, 6) is 0.189. The van der Waals surface area contributed by atoms with Gasteiger partial charge in [0.05, 0.1) is 3.57 Å². The van der Waals surface area contributed by atoms with E-state index in [1.807, 2.05) is 22.6 Å². The number of alkyl halides is 3. The Labute approximate surface area is 98.8 Å². The van der Waals surface area contributed by atoms with Crippen molar-refractivity contribution in [3.8, 4) is 5.75 Å². The second-order valence-corrected chi connectivity index (χ2v) is 5.61. The number of hydrogen-bond acceptors (Lipinski definition) is 1. The molecular weight excluding hydrogens is 333 g/mol. The molecule has 1 N–H and O–H groups in total. The third-order valence-corrected chi connectivity index (χ3v) is 2.79. The average Bonchev–Trinajstić information content (AvgIpc) is 1.92. The number of phenols is 1. The Kier molecular flexibility index (Phi) is 3.37. The summed E-state index contributed by atoms with van der Waals surface area (Å²) in [6.07, 6.45) is 0. The van der Waals surface area contributed by atoms with Gasteiger partial charge in [-0.25, -0.2) is 0 Å². The molecule has 0 fully saturated rings. The Morgan fingerprint density at radius 1 is 1.25 bits per heavy atom. The Morgan fingerprint density at radius 3 is 2.25 bits per heavy atom. The normalized spacial score (nSPS) is 11.7. The maximum atomic E-state index is 9.17. The Morgan fingerprint density at radius 2 is 1.83 bits per heavy atom. The van der Waals surface area contributed by atoms with Crippen molar-refractivity contribution in [1.29, 1.82) is 0 Å². The quantitative estimate of drug-likeness (QED) is 0.564. The van der Waals surface area contributed by atoms with Gasteiger partial charge in [-0.2, -0.15) is 0 Å². The molecule has 0 saturated heterocycles. The fourth-order valence-electron chi connectivity index (χ4n) is 0.683. The molecule has 0 aliphatic carbocycles. The van der Waals surface area contributed by atoms with Crippen LogP contribution in [0, 0.1) is 3.57 Å². The number of phenolic OH excluding ortho intramolecular Hbond substituents is 1. The number of hydrogen-bond donors (Lipinski definition) is 1. The predicted octanol–water partition coefficient (Wildman–Crippen LogP) is 3.82. The minimum atomic E-state index is -1.42. The zero-order valence-electron chi connectivity index (χ0n) is 5.69. The standard InChI is InChI=1S/C7H4Cl3IO/c8-7(9,10)4-1-2-6(12)5(11)3-4/h1-3,12H. The van der Waals surface area contributed by atoms with Gasteiger partial charge in [0.25, 0.3) is 0 Å². The first-order valence-corrected chi connectivity index (χ1v) is 5.18. The zero-order valence-corrected chi connectivity index (χ0v) is 10.1. The summed E-state index contributed by atoms with van der Waals surface area (Å²) in [6, 6.07) is 4.70. The van der Waals surface area contributed by atoms with Crippen LogP contribution >= 0.6 is 57.4 Å². The minimum Gasteiger partial charge on any atom is -0.507 e. The van der Waals surface area contributed by atoms with E-state index in [-0.39, 0.29) is 5.75 Å². The van der Waals surface area contributed by atoms with Gasteiger partial charge in [0, 0.05) is 5.56 Å². The Balaban J connectivity index is 3.14. The van der Waals surface area contributed by atoms with Crippen molar-refractivity contribution < 1.29 is 5.11 Å².